The molecule has 0 aliphatic heterocycles. The number of nitrogens with zero attached hydrogens (tertiary/aromatic N) is 4. The first-order valence-corrected chi connectivity index (χ1v) is 9.50. The fourth-order valence-corrected chi connectivity index (χ4v) is 3.28. The lowest BCUT2D eigenvalue weighted by Gasteiger charge is -2.11. The third-order valence-electron chi connectivity index (χ3n) is 4.93. The molecule has 30 heavy (non-hydrogen) atoms. The highest BCUT2D eigenvalue weighted by Crippen LogP contribution is 2.16. The Bertz CT molecular complexity index is 1290. The molecule has 152 valence electrons. The molecule has 1 N–H and O–H groups in total. The average Bonchev–Trinajstić information content (AvgIpc) is 3.14. The van der Waals surface area contributed by atoms with E-state index in [1.54, 1.807) is 19.1 Å². The Hall–Kier alpha value is -3.81. The number of carbonyl (C=O) groups excluding carboxylic acids is 1. The molecule has 1 amide bonds. The molecule has 0 unspecified atom stereocenters. The van der Waals surface area contributed by atoms with Gasteiger partial charge in [0, 0.05) is 18.7 Å². The summed E-state index contributed by atoms with van der Waals surface area (Å²) in [5.74, 6) is -0.0663. The van der Waals surface area contributed by atoms with Gasteiger partial charge in [0.15, 0.2) is 5.65 Å². The van der Waals surface area contributed by atoms with Gasteiger partial charge in [0.05, 0.1) is 11.9 Å². The van der Waals surface area contributed by atoms with E-state index in [0.29, 0.717) is 22.5 Å². The molecule has 8 heteroatoms. The molecular weight excluding hydrogens is 385 g/mol. The quantitative estimate of drug-likeness (QED) is 0.552. The smallest absolute Gasteiger partial charge is 0.264 e. The van der Waals surface area contributed by atoms with E-state index in [2.05, 4.69) is 15.4 Å². The van der Waals surface area contributed by atoms with Crippen molar-refractivity contribution in [2.24, 2.45) is 0 Å². The third kappa shape index (κ3) is 3.71. The zero-order chi connectivity index (χ0) is 21.3. The van der Waals surface area contributed by atoms with E-state index in [1.807, 2.05) is 31.2 Å². The van der Waals surface area contributed by atoms with E-state index in [4.69, 9.17) is 0 Å². The standard InChI is InChI=1S/C22H20FN5O2/c1-14-5-3-4-6-19(14)26-20(29)11-12-27-15(2)25-21-18(22(27)30)13-24-28(21)17-9-7-16(23)8-10-17/h3-10,13H,11-12H2,1-2H3,(H,26,29). The largest absolute Gasteiger partial charge is 0.326 e. The monoisotopic (exact) mass is 405 g/mol. The summed E-state index contributed by atoms with van der Waals surface area (Å²) in [6.45, 7) is 3.83. The fourth-order valence-electron chi connectivity index (χ4n) is 3.28. The topological polar surface area (TPSA) is 81.8 Å². The number of amides is 1. The van der Waals surface area contributed by atoms with Gasteiger partial charge < -0.3 is 5.32 Å². The number of benzene rings is 2. The molecule has 0 spiro atoms. The van der Waals surface area contributed by atoms with Gasteiger partial charge in [0.2, 0.25) is 5.91 Å². The van der Waals surface area contributed by atoms with E-state index in [9.17, 15) is 14.0 Å². The molecule has 2 aromatic heterocycles. The summed E-state index contributed by atoms with van der Waals surface area (Å²) in [6, 6.07) is 13.3. The van der Waals surface area contributed by atoms with Crippen LogP contribution in [-0.2, 0) is 11.3 Å². The van der Waals surface area contributed by atoms with Crippen LogP contribution in [0.1, 0.15) is 17.8 Å². The van der Waals surface area contributed by atoms with Gasteiger partial charge >= 0.3 is 0 Å². The fraction of sp³-hybridized carbons (Fsp3) is 0.182. The van der Waals surface area contributed by atoms with Crippen LogP contribution in [0.25, 0.3) is 16.7 Å². The van der Waals surface area contributed by atoms with Gasteiger partial charge in [0.25, 0.3) is 5.56 Å². The van der Waals surface area contributed by atoms with Gasteiger partial charge in [-0.05, 0) is 49.7 Å². The number of fused-ring (bicyclic) bond motifs is 1. The molecule has 7 nitrogen and oxygen atoms in total. The number of anilines is 1. The SMILES string of the molecule is Cc1ccccc1NC(=O)CCn1c(C)nc2c(cnn2-c2ccc(F)cc2)c1=O. The zero-order valence-corrected chi connectivity index (χ0v) is 16.6. The molecular formula is C22H20FN5O2. The van der Waals surface area contributed by atoms with Crippen molar-refractivity contribution in [3.63, 3.8) is 0 Å². The molecule has 0 saturated carbocycles. The molecule has 0 radical (unpaired) electrons. The molecule has 4 rings (SSSR count). The second-order valence-corrected chi connectivity index (χ2v) is 7.00. The van der Waals surface area contributed by atoms with Crippen LogP contribution < -0.4 is 10.9 Å². The Morgan fingerprint density at radius 1 is 1.10 bits per heavy atom. The molecule has 2 aromatic carbocycles. The number of aryl methyl sites for hydroxylation is 2. The predicted molar refractivity (Wildman–Crippen MR) is 112 cm³/mol. The summed E-state index contributed by atoms with van der Waals surface area (Å²) in [7, 11) is 0. The lowest BCUT2D eigenvalue weighted by molar-refractivity contribution is -0.116. The first kappa shape index (κ1) is 19.5. The summed E-state index contributed by atoms with van der Waals surface area (Å²) in [4.78, 5) is 29.8. The molecule has 0 aliphatic carbocycles. The van der Waals surface area contributed by atoms with Crippen molar-refractivity contribution >= 4 is 22.6 Å². The summed E-state index contributed by atoms with van der Waals surface area (Å²) < 4.78 is 16.2. The van der Waals surface area contributed by atoms with Crippen molar-refractivity contribution in [3.8, 4) is 5.69 Å². The minimum absolute atomic E-state index is 0.133. The van der Waals surface area contributed by atoms with Gasteiger partial charge in [-0.3, -0.25) is 14.2 Å². The van der Waals surface area contributed by atoms with E-state index in [0.717, 1.165) is 11.3 Å². The van der Waals surface area contributed by atoms with Crippen LogP contribution in [0.2, 0.25) is 0 Å². The van der Waals surface area contributed by atoms with Crippen LogP contribution in [-0.4, -0.2) is 25.2 Å². The molecule has 0 bridgehead atoms. The van der Waals surface area contributed by atoms with Crippen LogP contribution in [0.3, 0.4) is 0 Å². The summed E-state index contributed by atoms with van der Waals surface area (Å²) in [6.07, 6.45) is 1.58. The highest BCUT2D eigenvalue weighted by atomic mass is 19.1. The predicted octanol–water partition coefficient (Wildman–Crippen LogP) is 3.37. The normalized spacial score (nSPS) is 11.0. The van der Waals surface area contributed by atoms with E-state index >= 15 is 0 Å². The number of hydrogen-bond donors (Lipinski definition) is 1. The first-order chi connectivity index (χ1) is 14.4. The Morgan fingerprint density at radius 3 is 2.57 bits per heavy atom. The Labute approximate surface area is 171 Å². The number of para-hydroxylation sites is 1. The van der Waals surface area contributed by atoms with Gasteiger partial charge in [0.1, 0.15) is 17.0 Å². The van der Waals surface area contributed by atoms with Crippen molar-refractivity contribution < 1.29 is 9.18 Å². The Kier molecular flexibility index (Phi) is 5.14. The van der Waals surface area contributed by atoms with Gasteiger partial charge in [-0.25, -0.2) is 14.1 Å². The van der Waals surface area contributed by atoms with Gasteiger partial charge in [-0.1, -0.05) is 18.2 Å². The molecule has 4 aromatic rings. The molecule has 0 saturated heterocycles. The van der Waals surface area contributed by atoms with Crippen molar-refractivity contribution in [3.05, 3.63) is 82.3 Å². The number of hydrogen-bond acceptors (Lipinski definition) is 4. The van der Waals surface area contributed by atoms with Crippen molar-refractivity contribution in [2.75, 3.05) is 5.32 Å². The summed E-state index contributed by atoms with van der Waals surface area (Å²) in [5, 5.41) is 7.44. The highest BCUT2D eigenvalue weighted by molar-refractivity contribution is 5.91. The minimum Gasteiger partial charge on any atom is -0.326 e. The number of carbonyl (C=O) groups is 1. The molecule has 0 fully saturated rings. The number of nitrogens with one attached hydrogen (secondary N) is 1. The van der Waals surface area contributed by atoms with Crippen LogP contribution >= 0.6 is 0 Å². The number of aromatic nitrogens is 4. The van der Waals surface area contributed by atoms with Crippen LogP contribution in [0.5, 0.6) is 0 Å². The van der Waals surface area contributed by atoms with Crippen LogP contribution in [0.4, 0.5) is 10.1 Å². The third-order valence-corrected chi connectivity index (χ3v) is 4.93. The number of halogens is 1. The summed E-state index contributed by atoms with van der Waals surface area (Å²) >= 11 is 0. The average molecular weight is 405 g/mol. The molecule has 2 heterocycles. The maximum atomic E-state index is 13.2. The maximum absolute atomic E-state index is 13.2. The molecule has 0 atom stereocenters. The van der Waals surface area contributed by atoms with E-state index < -0.39 is 0 Å². The van der Waals surface area contributed by atoms with Gasteiger partial charge in [-0.15, -0.1) is 0 Å². The van der Waals surface area contributed by atoms with Crippen LogP contribution in [0, 0.1) is 19.7 Å². The van der Waals surface area contributed by atoms with Crippen LogP contribution in [0.15, 0.2) is 59.5 Å². The second kappa shape index (κ2) is 7.90. The van der Waals surface area contributed by atoms with Crippen molar-refractivity contribution in [1.82, 2.24) is 19.3 Å². The Morgan fingerprint density at radius 2 is 1.83 bits per heavy atom. The van der Waals surface area contributed by atoms with Gasteiger partial charge in [-0.2, -0.15) is 5.10 Å². The molecule has 0 aliphatic rings. The van der Waals surface area contributed by atoms with E-state index in [-0.39, 0.29) is 30.2 Å². The minimum atomic E-state index is -0.356. The zero-order valence-electron chi connectivity index (χ0n) is 16.6. The summed E-state index contributed by atoms with van der Waals surface area (Å²) in [5.41, 5.74) is 2.45. The maximum Gasteiger partial charge on any atom is 0.264 e. The first-order valence-electron chi connectivity index (χ1n) is 9.50. The second-order valence-electron chi connectivity index (χ2n) is 7.00. The van der Waals surface area contributed by atoms with E-state index in [1.165, 1.54) is 27.6 Å². The lowest BCUT2D eigenvalue weighted by Crippen LogP contribution is -2.26. The van der Waals surface area contributed by atoms with Crippen molar-refractivity contribution in [2.45, 2.75) is 26.8 Å². The Balaban J connectivity index is 1.58. The lowest BCUT2D eigenvalue weighted by atomic mass is 10.2. The van der Waals surface area contributed by atoms with Crippen molar-refractivity contribution in [1.29, 1.82) is 0 Å². The highest BCUT2D eigenvalue weighted by Gasteiger charge is 2.15. The number of rotatable bonds is 5.